The fourth-order valence-electron chi connectivity index (χ4n) is 3.42. The Labute approximate surface area is 196 Å². The van der Waals surface area contributed by atoms with Crippen LogP contribution in [0.3, 0.4) is 0 Å². The van der Waals surface area contributed by atoms with E-state index in [2.05, 4.69) is 0 Å². The van der Waals surface area contributed by atoms with Gasteiger partial charge in [0.2, 0.25) is 5.78 Å². The van der Waals surface area contributed by atoms with Crippen LogP contribution in [-0.4, -0.2) is 33.1 Å². The van der Waals surface area contributed by atoms with Crippen molar-refractivity contribution in [2.45, 2.75) is 0 Å². The number of fused-ring (bicyclic) bond motifs is 1. The molecular formula is C27H22O7. The lowest BCUT2D eigenvalue weighted by Gasteiger charge is -2.12. The molecule has 0 aromatic heterocycles. The second kappa shape index (κ2) is 9.95. The molecule has 4 rings (SSSR count). The summed E-state index contributed by atoms with van der Waals surface area (Å²) in [5.41, 5.74) is 1.82. The van der Waals surface area contributed by atoms with E-state index in [0.29, 0.717) is 34.1 Å². The Morgan fingerprint density at radius 1 is 0.853 bits per heavy atom. The Balaban J connectivity index is 1.54. The maximum Gasteiger partial charge on any atom is 0.336 e. The fraction of sp³-hybridized carbons (Fsp3) is 0.111. The summed E-state index contributed by atoms with van der Waals surface area (Å²) in [6, 6.07) is 17.4. The van der Waals surface area contributed by atoms with Gasteiger partial charge in [0.05, 0.1) is 26.9 Å². The molecule has 0 radical (unpaired) electrons. The van der Waals surface area contributed by atoms with Crippen molar-refractivity contribution in [3.05, 3.63) is 89.2 Å². The topological polar surface area (TPSA) is 80.3 Å². The van der Waals surface area contributed by atoms with Crippen molar-refractivity contribution in [2.24, 2.45) is 0 Å². The summed E-state index contributed by atoms with van der Waals surface area (Å²) in [4.78, 5) is 25.0. The van der Waals surface area contributed by atoms with Gasteiger partial charge in [0.15, 0.2) is 17.3 Å². The molecule has 0 spiro atoms. The van der Waals surface area contributed by atoms with Crippen molar-refractivity contribution < 1.29 is 33.3 Å². The summed E-state index contributed by atoms with van der Waals surface area (Å²) >= 11 is 0. The summed E-state index contributed by atoms with van der Waals surface area (Å²) in [7, 11) is 4.56. The molecule has 0 saturated carbocycles. The SMILES string of the molecule is COc1cc(OC)c(OC)cc1C=C1Oc2cc(OC(=O)C=Cc3ccccc3)ccc2C1=O. The van der Waals surface area contributed by atoms with Crippen LogP contribution in [0.2, 0.25) is 0 Å². The summed E-state index contributed by atoms with van der Waals surface area (Å²) in [6.45, 7) is 0. The Bertz CT molecular complexity index is 1290. The zero-order valence-electron chi connectivity index (χ0n) is 18.9. The van der Waals surface area contributed by atoms with Crippen LogP contribution >= 0.6 is 0 Å². The summed E-state index contributed by atoms with van der Waals surface area (Å²) in [5.74, 6) is 1.29. The number of allylic oxidation sites excluding steroid dienone is 1. The van der Waals surface area contributed by atoms with Crippen LogP contribution in [0, 0.1) is 0 Å². The molecule has 0 bridgehead atoms. The standard InChI is InChI=1S/C27H22O7/c1-30-21-16-24(32-3)23(31-2)13-18(21)14-25-27(29)20-11-10-19(15-22(20)34-25)33-26(28)12-9-17-7-5-4-6-8-17/h4-16H,1-3H3. The Hall–Kier alpha value is -4.52. The number of benzene rings is 3. The van der Waals surface area contributed by atoms with Gasteiger partial charge in [-0.05, 0) is 35.9 Å². The highest BCUT2D eigenvalue weighted by Crippen LogP contribution is 2.39. The number of ketones is 1. The molecule has 1 aliphatic heterocycles. The number of hydrogen-bond acceptors (Lipinski definition) is 7. The van der Waals surface area contributed by atoms with E-state index in [-0.39, 0.29) is 17.3 Å². The molecule has 0 aliphatic carbocycles. The first kappa shape index (κ1) is 22.7. The predicted molar refractivity (Wildman–Crippen MR) is 127 cm³/mol. The van der Waals surface area contributed by atoms with E-state index in [9.17, 15) is 9.59 Å². The first-order valence-electron chi connectivity index (χ1n) is 10.4. The fourth-order valence-corrected chi connectivity index (χ4v) is 3.42. The average Bonchev–Trinajstić information content (AvgIpc) is 3.17. The number of carbonyl (C=O) groups is 2. The monoisotopic (exact) mass is 458 g/mol. The van der Waals surface area contributed by atoms with Crippen LogP contribution in [0.1, 0.15) is 21.5 Å². The molecular weight excluding hydrogens is 436 g/mol. The molecule has 3 aromatic carbocycles. The first-order valence-corrected chi connectivity index (χ1v) is 10.4. The van der Waals surface area contributed by atoms with Crippen LogP contribution in [0.15, 0.2) is 72.5 Å². The minimum Gasteiger partial charge on any atom is -0.496 e. The largest absolute Gasteiger partial charge is 0.496 e. The molecule has 0 amide bonds. The van der Waals surface area contributed by atoms with Crippen LogP contribution in [-0.2, 0) is 4.79 Å². The lowest BCUT2D eigenvalue weighted by Crippen LogP contribution is -2.03. The van der Waals surface area contributed by atoms with E-state index in [4.69, 9.17) is 23.7 Å². The third-order valence-electron chi connectivity index (χ3n) is 5.09. The molecule has 7 heteroatoms. The van der Waals surface area contributed by atoms with E-state index in [1.807, 2.05) is 30.3 Å². The third kappa shape index (κ3) is 4.78. The number of ether oxygens (including phenoxy) is 5. The number of Topliss-reactive ketones (excluding diaryl/α,β-unsaturated/α-hetero) is 1. The molecule has 1 heterocycles. The van der Waals surface area contributed by atoms with E-state index in [0.717, 1.165) is 5.56 Å². The zero-order chi connectivity index (χ0) is 24.1. The number of rotatable bonds is 7. The van der Waals surface area contributed by atoms with E-state index in [1.165, 1.54) is 33.5 Å². The van der Waals surface area contributed by atoms with Crippen LogP contribution < -0.4 is 23.7 Å². The van der Waals surface area contributed by atoms with Crippen molar-refractivity contribution in [2.75, 3.05) is 21.3 Å². The summed E-state index contributed by atoms with van der Waals surface area (Å²) < 4.78 is 27.2. The lowest BCUT2D eigenvalue weighted by molar-refractivity contribution is -0.128. The van der Waals surface area contributed by atoms with E-state index >= 15 is 0 Å². The Kier molecular flexibility index (Phi) is 6.64. The van der Waals surface area contributed by atoms with Gasteiger partial charge >= 0.3 is 5.97 Å². The van der Waals surface area contributed by atoms with Gasteiger partial charge in [0, 0.05) is 23.8 Å². The predicted octanol–water partition coefficient (Wildman–Crippen LogP) is 4.95. The normalized spacial score (nSPS) is 13.5. The first-order chi connectivity index (χ1) is 16.5. The lowest BCUT2D eigenvalue weighted by atomic mass is 10.1. The van der Waals surface area contributed by atoms with Crippen LogP contribution in [0.25, 0.3) is 12.2 Å². The number of carbonyl (C=O) groups excluding carboxylic acids is 2. The molecule has 0 N–H and O–H groups in total. The molecule has 0 fully saturated rings. The van der Waals surface area contributed by atoms with Crippen molar-refractivity contribution in [3.63, 3.8) is 0 Å². The third-order valence-corrected chi connectivity index (χ3v) is 5.09. The van der Waals surface area contributed by atoms with Gasteiger partial charge in [0.1, 0.15) is 17.2 Å². The Morgan fingerprint density at radius 3 is 2.26 bits per heavy atom. The smallest absolute Gasteiger partial charge is 0.336 e. The minimum absolute atomic E-state index is 0.105. The van der Waals surface area contributed by atoms with Gasteiger partial charge in [-0.15, -0.1) is 0 Å². The van der Waals surface area contributed by atoms with Gasteiger partial charge in [0.25, 0.3) is 0 Å². The molecule has 7 nitrogen and oxygen atoms in total. The van der Waals surface area contributed by atoms with Gasteiger partial charge in [-0.1, -0.05) is 30.3 Å². The molecule has 3 aromatic rings. The van der Waals surface area contributed by atoms with E-state index < -0.39 is 5.97 Å². The average molecular weight is 458 g/mol. The van der Waals surface area contributed by atoms with Crippen LogP contribution in [0.4, 0.5) is 0 Å². The highest BCUT2D eigenvalue weighted by Gasteiger charge is 2.28. The number of esters is 1. The number of methoxy groups -OCH3 is 3. The van der Waals surface area contributed by atoms with E-state index in [1.54, 1.807) is 36.4 Å². The highest BCUT2D eigenvalue weighted by atomic mass is 16.5. The van der Waals surface area contributed by atoms with Gasteiger partial charge < -0.3 is 23.7 Å². The molecule has 1 aliphatic rings. The minimum atomic E-state index is -0.543. The summed E-state index contributed by atoms with van der Waals surface area (Å²) in [6.07, 6.45) is 4.56. The van der Waals surface area contributed by atoms with Crippen molar-refractivity contribution in [3.8, 4) is 28.7 Å². The van der Waals surface area contributed by atoms with Gasteiger partial charge in [-0.2, -0.15) is 0 Å². The van der Waals surface area contributed by atoms with Crippen LogP contribution in [0.5, 0.6) is 28.7 Å². The molecule has 34 heavy (non-hydrogen) atoms. The van der Waals surface area contributed by atoms with Crippen molar-refractivity contribution >= 4 is 23.9 Å². The molecule has 0 atom stereocenters. The highest BCUT2D eigenvalue weighted by molar-refractivity contribution is 6.14. The molecule has 172 valence electrons. The summed E-state index contributed by atoms with van der Waals surface area (Å²) in [5, 5.41) is 0. The second-order valence-corrected chi connectivity index (χ2v) is 7.21. The van der Waals surface area contributed by atoms with Crippen molar-refractivity contribution in [1.82, 2.24) is 0 Å². The maximum atomic E-state index is 12.9. The maximum absolute atomic E-state index is 12.9. The second-order valence-electron chi connectivity index (χ2n) is 7.21. The van der Waals surface area contributed by atoms with Crippen molar-refractivity contribution in [1.29, 1.82) is 0 Å². The van der Waals surface area contributed by atoms with Gasteiger partial charge in [-0.3, -0.25) is 4.79 Å². The quantitative estimate of drug-likeness (QED) is 0.282. The zero-order valence-corrected chi connectivity index (χ0v) is 18.9. The molecule has 0 unspecified atom stereocenters. The number of hydrogen-bond donors (Lipinski definition) is 0. The Morgan fingerprint density at radius 2 is 1.56 bits per heavy atom. The molecule has 0 saturated heterocycles. The van der Waals surface area contributed by atoms with Gasteiger partial charge in [-0.25, -0.2) is 4.79 Å².